The van der Waals surface area contributed by atoms with Crippen LogP contribution in [0.1, 0.15) is 18.9 Å². The Morgan fingerprint density at radius 1 is 1.30 bits per heavy atom. The molecule has 0 radical (unpaired) electrons. The smallest absolute Gasteiger partial charge is 0.183 e. The molecule has 1 aromatic carbocycles. The molecule has 0 unspecified atom stereocenters. The highest BCUT2D eigenvalue weighted by molar-refractivity contribution is 7.71. The van der Waals surface area contributed by atoms with Gasteiger partial charge in [-0.3, -0.25) is 4.57 Å². The van der Waals surface area contributed by atoms with Gasteiger partial charge >= 0.3 is 0 Å². The molecule has 102 valence electrons. The Morgan fingerprint density at radius 2 is 2.05 bits per heavy atom. The highest BCUT2D eigenvalue weighted by atomic mass is 35.5. The highest BCUT2D eigenvalue weighted by Gasteiger charge is 2.08. The standard InChI is InChI=1S/C15H14ClN3S/c1-2-3-10-4-6-12(7-5-10)19-14-13(18-15(19)20)8-11(16)9-17-14/h4-9H,2-3H2,1H3,(H,18,20). The SMILES string of the molecule is CCCc1ccc(-n2c(=S)[nH]c3cc(Cl)cnc32)cc1. The number of benzene rings is 1. The lowest BCUT2D eigenvalue weighted by Gasteiger charge is -2.05. The number of nitrogens with one attached hydrogen (secondary N) is 1. The van der Waals surface area contributed by atoms with E-state index in [-0.39, 0.29) is 0 Å². The molecule has 1 N–H and O–H groups in total. The fourth-order valence-corrected chi connectivity index (χ4v) is 2.77. The molecule has 0 saturated heterocycles. The first-order valence-electron chi connectivity index (χ1n) is 6.54. The minimum Gasteiger partial charge on any atom is -0.329 e. The molecule has 0 aliphatic rings. The number of H-pyrrole nitrogens is 1. The van der Waals surface area contributed by atoms with Gasteiger partial charge in [0.15, 0.2) is 10.4 Å². The van der Waals surface area contributed by atoms with Gasteiger partial charge in [0.05, 0.1) is 10.5 Å². The van der Waals surface area contributed by atoms with Crippen LogP contribution < -0.4 is 0 Å². The molecule has 5 heteroatoms. The summed E-state index contributed by atoms with van der Waals surface area (Å²) >= 11 is 11.3. The summed E-state index contributed by atoms with van der Waals surface area (Å²) in [6, 6.07) is 10.3. The maximum absolute atomic E-state index is 5.96. The third kappa shape index (κ3) is 2.37. The molecule has 20 heavy (non-hydrogen) atoms. The molecule has 3 nitrogen and oxygen atoms in total. The van der Waals surface area contributed by atoms with E-state index in [1.807, 2.05) is 10.6 Å². The van der Waals surface area contributed by atoms with Crippen LogP contribution in [0.2, 0.25) is 5.02 Å². The van der Waals surface area contributed by atoms with Crippen LogP contribution in [0.4, 0.5) is 0 Å². The van der Waals surface area contributed by atoms with Crippen LogP contribution in [0.25, 0.3) is 16.9 Å². The van der Waals surface area contributed by atoms with Gasteiger partial charge in [-0.25, -0.2) is 4.98 Å². The third-order valence-electron chi connectivity index (χ3n) is 3.22. The van der Waals surface area contributed by atoms with E-state index in [1.54, 1.807) is 6.20 Å². The molecule has 0 atom stereocenters. The number of fused-ring (bicyclic) bond motifs is 1. The number of hydrogen-bond donors (Lipinski definition) is 1. The minimum atomic E-state index is 0.596. The Labute approximate surface area is 127 Å². The number of rotatable bonds is 3. The van der Waals surface area contributed by atoms with Gasteiger partial charge in [-0.15, -0.1) is 0 Å². The molecule has 0 fully saturated rings. The van der Waals surface area contributed by atoms with Gasteiger partial charge in [0, 0.05) is 11.9 Å². The van der Waals surface area contributed by atoms with Gasteiger partial charge in [-0.1, -0.05) is 37.1 Å². The maximum atomic E-state index is 5.96. The van der Waals surface area contributed by atoms with Crippen molar-refractivity contribution >= 4 is 35.0 Å². The van der Waals surface area contributed by atoms with E-state index >= 15 is 0 Å². The molecule has 2 heterocycles. The minimum absolute atomic E-state index is 0.596. The summed E-state index contributed by atoms with van der Waals surface area (Å²) in [6.07, 6.45) is 3.87. The van der Waals surface area contributed by atoms with E-state index in [0.29, 0.717) is 9.79 Å². The maximum Gasteiger partial charge on any atom is 0.183 e. The number of pyridine rings is 1. The van der Waals surface area contributed by atoms with Crippen molar-refractivity contribution in [1.82, 2.24) is 14.5 Å². The molecular weight excluding hydrogens is 290 g/mol. The zero-order chi connectivity index (χ0) is 14.1. The summed E-state index contributed by atoms with van der Waals surface area (Å²) in [5.41, 5.74) is 3.98. The number of nitrogens with zero attached hydrogens (tertiary/aromatic N) is 2. The van der Waals surface area contributed by atoms with Crippen LogP contribution in [-0.4, -0.2) is 14.5 Å². The van der Waals surface area contributed by atoms with E-state index in [0.717, 1.165) is 29.7 Å². The first-order valence-corrected chi connectivity index (χ1v) is 7.33. The lowest BCUT2D eigenvalue weighted by Crippen LogP contribution is -1.96. The summed E-state index contributed by atoms with van der Waals surface area (Å²) in [5.74, 6) is 0. The van der Waals surface area contributed by atoms with Gasteiger partial charge in [0.25, 0.3) is 0 Å². The molecule has 0 spiro atoms. The summed E-state index contributed by atoms with van der Waals surface area (Å²) < 4.78 is 2.55. The summed E-state index contributed by atoms with van der Waals surface area (Å²) in [6.45, 7) is 2.18. The molecule has 3 rings (SSSR count). The Kier molecular flexibility index (Phi) is 3.59. The molecule has 2 aromatic heterocycles. The average molecular weight is 304 g/mol. The lowest BCUT2D eigenvalue weighted by molar-refractivity contribution is 0.919. The summed E-state index contributed by atoms with van der Waals surface area (Å²) in [4.78, 5) is 7.51. The van der Waals surface area contributed by atoms with Crippen molar-refractivity contribution < 1.29 is 0 Å². The van der Waals surface area contributed by atoms with E-state index in [1.165, 1.54) is 5.56 Å². The van der Waals surface area contributed by atoms with Gasteiger partial charge in [0.1, 0.15) is 0 Å². The van der Waals surface area contributed by atoms with Gasteiger partial charge in [-0.2, -0.15) is 0 Å². The Bertz CT molecular complexity index is 802. The molecule has 0 bridgehead atoms. The second kappa shape index (κ2) is 5.38. The first-order chi connectivity index (χ1) is 9.69. The number of imidazole rings is 1. The van der Waals surface area contributed by atoms with Crippen molar-refractivity contribution in [3.8, 4) is 5.69 Å². The molecular formula is C15H14ClN3S. The van der Waals surface area contributed by atoms with Crippen molar-refractivity contribution in [2.24, 2.45) is 0 Å². The molecule has 0 aliphatic carbocycles. The molecule has 0 saturated carbocycles. The first kappa shape index (κ1) is 13.3. The van der Waals surface area contributed by atoms with Crippen molar-refractivity contribution in [1.29, 1.82) is 0 Å². The van der Waals surface area contributed by atoms with Gasteiger partial charge in [0.2, 0.25) is 0 Å². The largest absolute Gasteiger partial charge is 0.329 e. The Morgan fingerprint density at radius 3 is 2.75 bits per heavy atom. The second-order valence-corrected chi connectivity index (χ2v) is 5.53. The fourth-order valence-electron chi connectivity index (χ4n) is 2.31. The number of aromatic amines is 1. The van der Waals surface area contributed by atoms with Crippen LogP contribution in [0.5, 0.6) is 0 Å². The van der Waals surface area contributed by atoms with Crippen molar-refractivity contribution in [2.45, 2.75) is 19.8 Å². The Hall–Kier alpha value is -1.65. The zero-order valence-corrected chi connectivity index (χ0v) is 12.6. The topological polar surface area (TPSA) is 33.6 Å². The van der Waals surface area contributed by atoms with Crippen LogP contribution >= 0.6 is 23.8 Å². The van der Waals surface area contributed by atoms with E-state index in [9.17, 15) is 0 Å². The number of hydrogen-bond acceptors (Lipinski definition) is 2. The predicted octanol–water partition coefficient (Wildman–Crippen LogP) is 4.69. The number of halogens is 1. The average Bonchev–Trinajstić information content (AvgIpc) is 2.75. The summed E-state index contributed by atoms with van der Waals surface area (Å²) in [5, 5.41) is 0.596. The van der Waals surface area contributed by atoms with E-state index < -0.39 is 0 Å². The lowest BCUT2D eigenvalue weighted by atomic mass is 10.1. The number of aromatic nitrogens is 3. The fraction of sp³-hybridized carbons (Fsp3) is 0.200. The van der Waals surface area contributed by atoms with E-state index in [2.05, 4.69) is 41.2 Å². The van der Waals surface area contributed by atoms with Crippen LogP contribution in [-0.2, 0) is 6.42 Å². The molecule has 0 amide bonds. The number of aryl methyl sites for hydroxylation is 1. The van der Waals surface area contributed by atoms with Crippen molar-refractivity contribution in [2.75, 3.05) is 0 Å². The van der Waals surface area contributed by atoms with Crippen LogP contribution in [0.3, 0.4) is 0 Å². The van der Waals surface area contributed by atoms with Gasteiger partial charge in [-0.05, 0) is 42.4 Å². The normalized spacial score (nSPS) is 11.1. The van der Waals surface area contributed by atoms with Gasteiger partial charge < -0.3 is 4.98 Å². The van der Waals surface area contributed by atoms with Crippen LogP contribution in [0.15, 0.2) is 36.5 Å². The highest BCUT2D eigenvalue weighted by Crippen LogP contribution is 2.21. The van der Waals surface area contributed by atoms with Crippen LogP contribution in [0, 0.1) is 4.77 Å². The quantitative estimate of drug-likeness (QED) is 0.712. The van der Waals surface area contributed by atoms with E-state index in [4.69, 9.17) is 23.8 Å². The molecule has 3 aromatic rings. The Balaban J connectivity index is 2.14. The monoisotopic (exact) mass is 303 g/mol. The zero-order valence-electron chi connectivity index (χ0n) is 11.1. The van der Waals surface area contributed by atoms with Crippen molar-refractivity contribution in [3.05, 3.63) is 51.9 Å². The second-order valence-electron chi connectivity index (χ2n) is 4.71. The summed E-state index contributed by atoms with van der Waals surface area (Å²) in [7, 11) is 0. The predicted molar refractivity (Wildman–Crippen MR) is 85.3 cm³/mol. The third-order valence-corrected chi connectivity index (χ3v) is 3.71. The molecule has 0 aliphatic heterocycles. The van der Waals surface area contributed by atoms with Crippen molar-refractivity contribution in [3.63, 3.8) is 0 Å².